The molecule has 0 bridgehead atoms. The van der Waals surface area contributed by atoms with E-state index in [0.717, 1.165) is 34.0 Å². The molecule has 0 N–H and O–H groups in total. The second-order valence-corrected chi connectivity index (χ2v) is 6.73. The predicted octanol–water partition coefficient (Wildman–Crippen LogP) is 3.74. The fraction of sp³-hybridized carbons (Fsp3) is 0.188. The van der Waals surface area contributed by atoms with Gasteiger partial charge in [0, 0.05) is 28.4 Å². The van der Waals surface area contributed by atoms with Gasteiger partial charge in [-0.25, -0.2) is 0 Å². The van der Waals surface area contributed by atoms with Gasteiger partial charge in [0.15, 0.2) is 0 Å². The lowest BCUT2D eigenvalue weighted by molar-refractivity contribution is 0.0752. The Morgan fingerprint density at radius 3 is 2.65 bits per heavy atom. The summed E-state index contributed by atoms with van der Waals surface area (Å²) >= 11 is 7.83. The smallest absolute Gasteiger partial charge is 0.255 e. The van der Waals surface area contributed by atoms with Gasteiger partial charge in [0.1, 0.15) is 4.87 Å². The van der Waals surface area contributed by atoms with Crippen LogP contribution < -0.4 is 0 Å². The number of rotatable bonds is 1. The van der Waals surface area contributed by atoms with Crippen molar-refractivity contribution in [2.45, 2.75) is 4.87 Å². The van der Waals surface area contributed by atoms with Crippen molar-refractivity contribution in [3.05, 3.63) is 70.2 Å². The standard InChI is InChI=1S/C16H12ClNOS/c17-12-7-5-11(6-8-12)16-14-4-2-1-3-13(14)15(19)18(16)9-10-20-16/h1-8H,9-10H2/t16-/m1/s1. The number of thioether (sulfide) groups is 1. The number of benzene rings is 2. The molecule has 2 aliphatic heterocycles. The van der Waals surface area contributed by atoms with Crippen molar-refractivity contribution in [1.82, 2.24) is 4.90 Å². The zero-order valence-electron chi connectivity index (χ0n) is 10.7. The molecule has 0 saturated carbocycles. The third-order valence-corrected chi connectivity index (χ3v) is 5.74. The summed E-state index contributed by atoms with van der Waals surface area (Å²) in [6.45, 7) is 0.792. The summed E-state index contributed by atoms with van der Waals surface area (Å²) in [7, 11) is 0. The van der Waals surface area contributed by atoms with E-state index in [1.807, 2.05) is 59.1 Å². The van der Waals surface area contributed by atoms with Gasteiger partial charge in [-0.1, -0.05) is 41.9 Å². The van der Waals surface area contributed by atoms with Gasteiger partial charge in [-0.05, 0) is 23.8 Å². The number of halogens is 1. The number of hydrogen-bond acceptors (Lipinski definition) is 2. The second-order valence-electron chi connectivity index (χ2n) is 5.00. The summed E-state index contributed by atoms with van der Waals surface area (Å²) in [6.07, 6.45) is 0. The number of hydrogen-bond donors (Lipinski definition) is 0. The Morgan fingerprint density at radius 1 is 1.10 bits per heavy atom. The lowest BCUT2D eigenvalue weighted by atomic mass is 9.97. The fourth-order valence-corrected chi connectivity index (χ4v) is 4.83. The Morgan fingerprint density at radius 2 is 1.85 bits per heavy atom. The van der Waals surface area contributed by atoms with Gasteiger partial charge < -0.3 is 4.90 Å². The Bertz CT molecular complexity index is 700. The first-order chi connectivity index (χ1) is 9.73. The van der Waals surface area contributed by atoms with Gasteiger partial charge in [0.25, 0.3) is 5.91 Å². The van der Waals surface area contributed by atoms with E-state index in [-0.39, 0.29) is 10.8 Å². The highest BCUT2D eigenvalue weighted by Gasteiger charge is 2.54. The summed E-state index contributed by atoms with van der Waals surface area (Å²) < 4.78 is 0. The van der Waals surface area contributed by atoms with Crippen LogP contribution in [-0.4, -0.2) is 23.1 Å². The third-order valence-electron chi connectivity index (χ3n) is 4.01. The summed E-state index contributed by atoms with van der Waals surface area (Å²) in [4.78, 5) is 14.2. The van der Waals surface area contributed by atoms with E-state index < -0.39 is 0 Å². The number of fused-ring (bicyclic) bond motifs is 3. The summed E-state index contributed by atoms with van der Waals surface area (Å²) in [5, 5.41) is 0.720. The zero-order valence-corrected chi connectivity index (χ0v) is 12.2. The van der Waals surface area contributed by atoms with Crippen LogP contribution in [0.25, 0.3) is 0 Å². The maximum Gasteiger partial charge on any atom is 0.255 e. The van der Waals surface area contributed by atoms with Crippen LogP contribution >= 0.6 is 23.4 Å². The highest BCUT2D eigenvalue weighted by atomic mass is 35.5. The van der Waals surface area contributed by atoms with E-state index in [2.05, 4.69) is 6.07 Å². The van der Waals surface area contributed by atoms with Gasteiger partial charge in [-0.3, -0.25) is 4.79 Å². The largest absolute Gasteiger partial charge is 0.315 e. The highest BCUT2D eigenvalue weighted by Crippen LogP contribution is 2.55. The van der Waals surface area contributed by atoms with Crippen LogP contribution in [-0.2, 0) is 4.87 Å². The first kappa shape index (κ1) is 12.3. The molecule has 0 spiro atoms. The molecule has 4 rings (SSSR count). The molecular formula is C16H12ClNOS. The minimum absolute atomic E-state index is 0.139. The number of nitrogens with zero attached hydrogens (tertiary/aromatic N) is 1. The Balaban J connectivity index is 1.99. The van der Waals surface area contributed by atoms with Crippen LogP contribution in [0.5, 0.6) is 0 Å². The molecule has 2 nitrogen and oxygen atoms in total. The van der Waals surface area contributed by atoms with Crippen molar-refractivity contribution in [1.29, 1.82) is 0 Å². The SMILES string of the molecule is O=C1c2ccccc2[C@@]2(c3ccc(Cl)cc3)SCCN12. The molecule has 0 aliphatic carbocycles. The first-order valence-corrected chi connectivity index (χ1v) is 7.91. The molecular weight excluding hydrogens is 290 g/mol. The second kappa shape index (κ2) is 4.27. The summed E-state index contributed by atoms with van der Waals surface area (Å²) in [6, 6.07) is 15.8. The Kier molecular flexibility index (Phi) is 2.63. The molecule has 0 unspecified atom stereocenters. The topological polar surface area (TPSA) is 20.3 Å². The van der Waals surface area contributed by atoms with Crippen LogP contribution in [0.2, 0.25) is 5.02 Å². The molecule has 1 atom stereocenters. The van der Waals surface area contributed by atoms with Crippen molar-refractivity contribution in [3.63, 3.8) is 0 Å². The fourth-order valence-electron chi connectivity index (χ4n) is 3.17. The highest BCUT2D eigenvalue weighted by molar-refractivity contribution is 8.00. The van der Waals surface area contributed by atoms with E-state index in [1.165, 1.54) is 0 Å². The van der Waals surface area contributed by atoms with Crippen LogP contribution in [0.1, 0.15) is 21.5 Å². The molecule has 1 amide bonds. The molecule has 2 aliphatic rings. The summed E-state index contributed by atoms with van der Waals surface area (Å²) in [5.41, 5.74) is 3.06. The lowest BCUT2D eigenvalue weighted by Crippen LogP contribution is -2.37. The molecule has 2 aromatic carbocycles. The first-order valence-electron chi connectivity index (χ1n) is 6.55. The quantitative estimate of drug-likeness (QED) is 0.799. The molecule has 0 aromatic heterocycles. The van der Waals surface area contributed by atoms with Gasteiger partial charge in [-0.2, -0.15) is 0 Å². The third kappa shape index (κ3) is 1.45. The Labute approximate surface area is 126 Å². The van der Waals surface area contributed by atoms with Crippen LogP contribution in [0.4, 0.5) is 0 Å². The lowest BCUT2D eigenvalue weighted by Gasteiger charge is -2.32. The molecule has 0 radical (unpaired) electrons. The average Bonchev–Trinajstić information content (AvgIpc) is 3.01. The van der Waals surface area contributed by atoms with Crippen molar-refractivity contribution in [2.75, 3.05) is 12.3 Å². The molecule has 20 heavy (non-hydrogen) atoms. The van der Waals surface area contributed by atoms with Crippen molar-refractivity contribution in [2.24, 2.45) is 0 Å². The molecule has 2 aromatic rings. The van der Waals surface area contributed by atoms with Crippen molar-refractivity contribution in [3.8, 4) is 0 Å². The van der Waals surface area contributed by atoms with Crippen LogP contribution in [0.3, 0.4) is 0 Å². The number of amides is 1. The monoisotopic (exact) mass is 301 g/mol. The molecule has 100 valence electrons. The zero-order chi connectivity index (χ0) is 13.7. The van der Waals surface area contributed by atoms with Gasteiger partial charge >= 0.3 is 0 Å². The molecule has 1 saturated heterocycles. The van der Waals surface area contributed by atoms with Crippen molar-refractivity contribution >= 4 is 29.3 Å². The maximum atomic E-state index is 12.6. The average molecular weight is 302 g/mol. The van der Waals surface area contributed by atoms with Crippen molar-refractivity contribution < 1.29 is 4.79 Å². The maximum absolute atomic E-state index is 12.6. The van der Waals surface area contributed by atoms with E-state index >= 15 is 0 Å². The minimum Gasteiger partial charge on any atom is -0.315 e. The molecule has 4 heteroatoms. The van der Waals surface area contributed by atoms with E-state index in [4.69, 9.17) is 11.6 Å². The minimum atomic E-state index is -0.363. The van der Waals surface area contributed by atoms with Crippen LogP contribution in [0, 0.1) is 0 Å². The van der Waals surface area contributed by atoms with Crippen LogP contribution in [0.15, 0.2) is 48.5 Å². The Hall–Kier alpha value is -1.45. The number of carbonyl (C=O) groups excluding carboxylic acids is 1. The van der Waals surface area contributed by atoms with E-state index in [1.54, 1.807) is 0 Å². The summed E-state index contributed by atoms with van der Waals surface area (Å²) in [5.74, 6) is 1.10. The number of carbonyl (C=O) groups is 1. The van der Waals surface area contributed by atoms with E-state index in [0.29, 0.717) is 0 Å². The molecule has 1 fully saturated rings. The normalized spacial score (nSPS) is 23.9. The predicted molar refractivity (Wildman–Crippen MR) is 82.2 cm³/mol. The van der Waals surface area contributed by atoms with Gasteiger partial charge in [-0.15, -0.1) is 11.8 Å². The van der Waals surface area contributed by atoms with E-state index in [9.17, 15) is 4.79 Å². The van der Waals surface area contributed by atoms with Gasteiger partial charge in [0.05, 0.1) is 0 Å². The molecule has 2 heterocycles. The van der Waals surface area contributed by atoms with Gasteiger partial charge in [0.2, 0.25) is 0 Å².